The second kappa shape index (κ2) is 15.5. The van der Waals surface area contributed by atoms with E-state index in [2.05, 4.69) is 20.8 Å². The topological polar surface area (TPSA) is 117 Å². The summed E-state index contributed by atoms with van der Waals surface area (Å²) >= 11 is 1.41. The first-order valence-corrected chi connectivity index (χ1v) is 14.4. The van der Waals surface area contributed by atoms with Gasteiger partial charge in [-0.3, -0.25) is 19.7 Å². The summed E-state index contributed by atoms with van der Waals surface area (Å²) in [6.07, 6.45) is 3.21. The number of rotatable bonds is 11. The van der Waals surface area contributed by atoms with E-state index >= 15 is 0 Å². The third kappa shape index (κ3) is 9.55. The number of imide groups is 1. The molecule has 0 bridgehead atoms. The van der Waals surface area contributed by atoms with Gasteiger partial charge in [0.1, 0.15) is 11.7 Å². The molecule has 0 aliphatic heterocycles. The Morgan fingerprint density at radius 3 is 2.45 bits per heavy atom. The highest BCUT2D eigenvalue weighted by Crippen LogP contribution is 2.29. The van der Waals surface area contributed by atoms with Crippen LogP contribution >= 0.6 is 24.2 Å². The molecule has 3 rings (SSSR count). The standard InChI is InChI=1S/C28H40FN5O4S.ClH/c1-16(2)13-21(27-32-33-28(38-27)39-17(3)4)26(37)31-25(36)20-9-7-8-10-23(20)30-24(35)18-11-12-19(15-34(5)6)22(29)14-18;/h11-12,14,16-17,20-21,23H,7-10,13,15H2,1-6H3,(H,30,35)(H,31,36,37);1H/t20-,21?,23+;/m1./s1. The average Bonchev–Trinajstić information content (AvgIpc) is 3.30. The molecule has 1 aliphatic rings. The molecule has 0 saturated heterocycles. The predicted octanol–water partition coefficient (Wildman–Crippen LogP) is 4.95. The minimum absolute atomic E-state index is 0. The lowest BCUT2D eigenvalue weighted by atomic mass is 9.83. The van der Waals surface area contributed by atoms with Crippen molar-refractivity contribution in [2.45, 2.75) is 88.8 Å². The van der Waals surface area contributed by atoms with Gasteiger partial charge in [-0.25, -0.2) is 4.39 Å². The highest BCUT2D eigenvalue weighted by atomic mass is 35.5. The number of hydrogen-bond donors (Lipinski definition) is 2. The van der Waals surface area contributed by atoms with E-state index in [9.17, 15) is 18.8 Å². The molecule has 1 aromatic heterocycles. The number of hydrogen-bond acceptors (Lipinski definition) is 8. The number of benzene rings is 1. The molecule has 222 valence electrons. The lowest BCUT2D eigenvalue weighted by molar-refractivity contribution is -0.135. The maximum Gasteiger partial charge on any atom is 0.276 e. The van der Waals surface area contributed by atoms with Crippen LogP contribution in [0.15, 0.2) is 27.8 Å². The largest absolute Gasteiger partial charge is 0.415 e. The van der Waals surface area contributed by atoms with Crippen LogP contribution in [-0.4, -0.2) is 58.2 Å². The highest BCUT2D eigenvalue weighted by molar-refractivity contribution is 7.99. The van der Waals surface area contributed by atoms with E-state index in [4.69, 9.17) is 4.42 Å². The van der Waals surface area contributed by atoms with E-state index in [1.54, 1.807) is 12.1 Å². The van der Waals surface area contributed by atoms with Gasteiger partial charge in [0, 0.05) is 29.0 Å². The minimum atomic E-state index is -0.761. The maximum atomic E-state index is 14.5. The fourth-order valence-electron chi connectivity index (χ4n) is 4.73. The van der Waals surface area contributed by atoms with Crippen molar-refractivity contribution in [1.29, 1.82) is 0 Å². The van der Waals surface area contributed by atoms with E-state index in [0.717, 1.165) is 12.8 Å². The van der Waals surface area contributed by atoms with Gasteiger partial charge < -0.3 is 14.6 Å². The summed E-state index contributed by atoms with van der Waals surface area (Å²) < 4.78 is 20.3. The van der Waals surface area contributed by atoms with Gasteiger partial charge in [-0.05, 0) is 51.4 Å². The Balaban J connectivity index is 0.00000560. The molecule has 1 fully saturated rings. The molecule has 9 nitrogen and oxygen atoms in total. The summed E-state index contributed by atoms with van der Waals surface area (Å²) in [4.78, 5) is 41.4. The van der Waals surface area contributed by atoms with Crippen molar-refractivity contribution in [3.8, 4) is 0 Å². The summed E-state index contributed by atoms with van der Waals surface area (Å²) in [6.45, 7) is 8.38. The monoisotopic (exact) mass is 597 g/mol. The molecule has 0 radical (unpaired) electrons. The molecule has 1 heterocycles. The average molecular weight is 598 g/mol. The van der Waals surface area contributed by atoms with Crippen LogP contribution in [-0.2, 0) is 16.1 Å². The molecule has 2 N–H and O–H groups in total. The smallest absolute Gasteiger partial charge is 0.276 e. The van der Waals surface area contributed by atoms with Crippen LogP contribution in [0.2, 0.25) is 0 Å². The Morgan fingerprint density at radius 1 is 1.12 bits per heavy atom. The summed E-state index contributed by atoms with van der Waals surface area (Å²) in [5.41, 5.74) is 0.691. The first-order chi connectivity index (χ1) is 18.4. The zero-order valence-corrected chi connectivity index (χ0v) is 25.7. The number of amides is 3. The van der Waals surface area contributed by atoms with Gasteiger partial charge in [-0.15, -0.1) is 22.6 Å². The van der Waals surface area contributed by atoms with Crippen LogP contribution in [0.25, 0.3) is 0 Å². The Hall–Kier alpha value is -2.50. The third-order valence-electron chi connectivity index (χ3n) is 6.55. The second-order valence-electron chi connectivity index (χ2n) is 11.1. The number of aromatic nitrogens is 2. The van der Waals surface area contributed by atoms with Crippen LogP contribution < -0.4 is 10.6 Å². The van der Waals surface area contributed by atoms with Gasteiger partial charge in [-0.2, -0.15) is 0 Å². The zero-order chi connectivity index (χ0) is 28.7. The van der Waals surface area contributed by atoms with Crippen LogP contribution in [0.1, 0.15) is 87.5 Å². The molecule has 40 heavy (non-hydrogen) atoms. The van der Waals surface area contributed by atoms with Crippen molar-refractivity contribution in [2.75, 3.05) is 14.1 Å². The van der Waals surface area contributed by atoms with Gasteiger partial charge >= 0.3 is 0 Å². The van der Waals surface area contributed by atoms with Crippen LogP contribution in [0.4, 0.5) is 4.39 Å². The summed E-state index contributed by atoms with van der Waals surface area (Å²) in [7, 11) is 3.69. The molecule has 12 heteroatoms. The summed E-state index contributed by atoms with van der Waals surface area (Å²) in [5.74, 6) is -2.84. The van der Waals surface area contributed by atoms with Gasteiger partial charge in [0.15, 0.2) is 0 Å². The van der Waals surface area contributed by atoms with Crippen LogP contribution in [0.3, 0.4) is 0 Å². The van der Waals surface area contributed by atoms with E-state index < -0.39 is 41.4 Å². The number of nitrogens with one attached hydrogen (secondary N) is 2. The Bertz CT molecular complexity index is 1160. The SMILES string of the molecule is CC(C)CC(C(=O)NC(=O)[C@@H]1CCCC[C@@H]1NC(=O)c1ccc(CN(C)C)c(F)c1)c1nnc(SC(C)C)o1.Cl. The van der Waals surface area contributed by atoms with Crippen molar-refractivity contribution in [3.05, 3.63) is 41.0 Å². The van der Waals surface area contributed by atoms with E-state index in [1.165, 1.54) is 17.8 Å². The molecule has 1 saturated carbocycles. The number of halogens is 2. The molecule has 1 unspecified atom stereocenters. The van der Waals surface area contributed by atoms with Gasteiger partial charge in [0.05, 0.1) is 5.92 Å². The molecule has 3 atom stereocenters. The van der Waals surface area contributed by atoms with Crippen molar-refractivity contribution in [2.24, 2.45) is 11.8 Å². The highest BCUT2D eigenvalue weighted by Gasteiger charge is 2.36. The summed E-state index contributed by atoms with van der Waals surface area (Å²) in [5, 5.41) is 14.2. The molecular weight excluding hydrogens is 557 g/mol. The first kappa shape index (κ1) is 33.7. The Labute approximate surface area is 246 Å². The van der Waals surface area contributed by atoms with E-state index in [1.807, 2.05) is 46.7 Å². The minimum Gasteiger partial charge on any atom is -0.415 e. The van der Waals surface area contributed by atoms with Gasteiger partial charge in [-0.1, -0.05) is 58.4 Å². The molecule has 0 spiro atoms. The fourth-order valence-corrected chi connectivity index (χ4v) is 5.35. The molecular formula is C28H41ClFN5O4S. The number of nitrogens with zero attached hydrogens (tertiary/aromatic N) is 3. The Morgan fingerprint density at radius 2 is 1.82 bits per heavy atom. The molecule has 1 aliphatic carbocycles. The predicted molar refractivity (Wildman–Crippen MR) is 155 cm³/mol. The first-order valence-electron chi connectivity index (χ1n) is 13.5. The van der Waals surface area contributed by atoms with Crippen molar-refractivity contribution >= 4 is 41.9 Å². The molecule has 2 aromatic rings. The molecule has 3 amide bonds. The number of carbonyl (C=O) groups excluding carboxylic acids is 3. The summed E-state index contributed by atoms with van der Waals surface area (Å²) in [6, 6.07) is 3.95. The van der Waals surface area contributed by atoms with Crippen molar-refractivity contribution in [3.63, 3.8) is 0 Å². The van der Waals surface area contributed by atoms with Gasteiger partial charge in [0.2, 0.25) is 17.7 Å². The fraction of sp³-hybridized carbons (Fsp3) is 0.607. The number of thioether (sulfide) groups is 1. The van der Waals surface area contributed by atoms with Crippen molar-refractivity contribution in [1.82, 2.24) is 25.7 Å². The number of carbonyl (C=O) groups is 3. The van der Waals surface area contributed by atoms with Crippen LogP contribution in [0.5, 0.6) is 0 Å². The van der Waals surface area contributed by atoms with Crippen LogP contribution in [0, 0.1) is 17.7 Å². The normalized spacial score (nSPS) is 17.9. The quantitative estimate of drug-likeness (QED) is 0.349. The lowest BCUT2D eigenvalue weighted by Crippen LogP contribution is -2.50. The zero-order valence-electron chi connectivity index (χ0n) is 24.0. The van der Waals surface area contributed by atoms with E-state index in [0.29, 0.717) is 36.6 Å². The van der Waals surface area contributed by atoms with Gasteiger partial charge in [0.25, 0.3) is 11.1 Å². The molecule has 1 aromatic carbocycles. The second-order valence-corrected chi connectivity index (χ2v) is 12.7. The lowest BCUT2D eigenvalue weighted by Gasteiger charge is -2.31. The Kier molecular flexibility index (Phi) is 13.0. The van der Waals surface area contributed by atoms with E-state index in [-0.39, 0.29) is 35.0 Å². The van der Waals surface area contributed by atoms with Crippen molar-refractivity contribution < 1.29 is 23.2 Å². The third-order valence-corrected chi connectivity index (χ3v) is 7.39. The maximum absolute atomic E-state index is 14.5.